The molecule has 0 unspecified atom stereocenters. The second kappa shape index (κ2) is 4.49. The number of hydrogen-bond acceptors (Lipinski definition) is 3. The molecule has 0 spiro atoms. The molecule has 1 aromatic carbocycles. The third-order valence-electron chi connectivity index (χ3n) is 2.82. The van der Waals surface area contributed by atoms with Crippen LogP contribution in [-0.4, -0.2) is 16.1 Å². The summed E-state index contributed by atoms with van der Waals surface area (Å²) in [5.74, 6) is -1.33. The lowest BCUT2D eigenvalue weighted by Crippen LogP contribution is -2.19. The van der Waals surface area contributed by atoms with Gasteiger partial charge in [0.05, 0.1) is 0 Å². The molecule has 0 aliphatic heterocycles. The number of carbonyl (C=O) groups is 1. The maximum absolute atomic E-state index is 12.9. The lowest BCUT2D eigenvalue weighted by atomic mass is 9.85. The second-order valence-corrected chi connectivity index (χ2v) is 5.33. The maximum Gasteiger partial charge on any atom is 0.355 e. The normalized spacial score (nSPS) is 11.5. The summed E-state index contributed by atoms with van der Waals surface area (Å²) < 4.78 is 12.9. The molecule has 0 radical (unpaired) electrons. The first-order chi connectivity index (χ1) is 8.41. The molecule has 1 N–H and O–H groups in total. The highest BCUT2D eigenvalue weighted by Gasteiger charge is 2.27. The minimum absolute atomic E-state index is 0.0465. The fourth-order valence-corrected chi connectivity index (χ4v) is 2.59. The number of benzene rings is 1. The van der Waals surface area contributed by atoms with Crippen molar-refractivity contribution in [3.05, 3.63) is 51.7 Å². The number of rotatable bonds is 3. The van der Waals surface area contributed by atoms with Crippen molar-refractivity contribution in [1.82, 2.24) is 4.98 Å². The van der Waals surface area contributed by atoms with E-state index in [0.29, 0.717) is 5.01 Å². The molecule has 1 aromatic heterocycles. The van der Waals surface area contributed by atoms with Crippen LogP contribution in [0.5, 0.6) is 0 Å². The Hall–Kier alpha value is -1.75. The molecule has 5 heteroatoms. The fourth-order valence-electron chi connectivity index (χ4n) is 1.65. The Balaban J connectivity index is 2.40. The molecule has 2 rings (SSSR count). The van der Waals surface area contributed by atoms with Gasteiger partial charge in [-0.15, -0.1) is 11.3 Å². The molecule has 2 aromatic rings. The summed E-state index contributed by atoms with van der Waals surface area (Å²) in [6, 6.07) is 6.17. The highest BCUT2D eigenvalue weighted by molar-refractivity contribution is 7.10. The molecule has 3 nitrogen and oxygen atoms in total. The quantitative estimate of drug-likeness (QED) is 0.926. The molecule has 0 bridgehead atoms. The van der Waals surface area contributed by atoms with Crippen molar-refractivity contribution in [2.45, 2.75) is 19.3 Å². The van der Waals surface area contributed by atoms with Gasteiger partial charge in [-0.25, -0.2) is 14.2 Å². The first kappa shape index (κ1) is 12.7. The average Bonchev–Trinajstić information content (AvgIpc) is 2.79. The highest BCUT2D eigenvalue weighted by Crippen LogP contribution is 2.33. The molecule has 0 aliphatic rings. The van der Waals surface area contributed by atoms with Crippen LogP contribution in [0.3, 0.4) is 0 Å². The maximum atomic E-state index is 12.9. The van der Waals surface area contributed by atoms with E-state index in [0.717, 1.165) is 5.56 Å². The van der Waals surface area contributed by atoms with Gasteiger partial charge < -0.3 is 5.11 Å². The molecule has 0 fully saturated rings. The second-order valence-electron chi connectivity index (χ2n) is 4.47. The van der Waals surface area contributed by atoms with Crippen LogP contribution in [0.15, 0.2) is 29.6 Å². The number of hydrogen-bond donors (Lipinski definition) is 1. The summed E-state index contributed by atoms with van der Waals surface area (Å²) in [4.78, 5) is 14.9. The van der Waals surface area contributed by atoms with Gasteiger partial charge in [0.15, 0.2) is 5.69 Å². The third kappa shape index (κ3) is 2.26. The molecule has 0 saturated carbocycles. The summed E-state index contributed by atoms with van der Waals surface area (Å²) in [5, 5.41) is 11.1. The van der Waals surface area contributed by atoms with E-state index < -0.39 is 11.4 Å². The van der Waals surface area contributed by atoms with Crippen LogP contribution in [0.2, 0.25) is 0 Å². The number of thiazole rings is 1. The van der Waals surface area contributed by atoms with Gasteiger partial charge in [0.2, 0.25) is 0 Å². The molecule has 18 heavy (non-hydrogen) atoms. The Bertz CT molecular complexity index is 575. The van der Waals surface area contributed by atoms with Crippen LogP contribution < -0.4 is 0 Å². The van der Waals surface area contributed by atoms with Crippen LogP contribution in [0.4, 0.5) is 4.39 Å². The summed E-state index contributed by atoms with van der Waals surface area (Å²) >= 11 is 1.30. The van der Waals surface area contributed by atoms with Crippen molar-refractivity contribution in [2.24, 2.45) is 0 Å². The van der Waals surface area contributed by atoms with Crippen molar-refractivity contribution in [2.75, 3.05) is 0 Å². The van der Waals surface area contributed by atoms with Gasteiger partial charge in [0.1, 0.15) is 10.8 Å². The van der Waals surface area contributed by atoms with Crippen LogP contribution in [0, 0.1) is 5.82 Å². The molecule has 94 valence electrons. The summed E-state index contributed by atoms with van der Waals surface area (Å²) in [6.45, 7) is 3.87. The predicted octanol–water partition coefficient (Wildman–Crippen LogP) is 3.31. The minimum Gasteiger partial charge on any atom is -0.476 e. The first-order valence-electron chi connectivity index (χ1n) is 5.36. The lowest BCUT2D eigenvalue weighted by Gasteiger charge is -2.22. The van der Waals surface area contributed by atoms with E-state index >= 15 is 0 Å². The first-order valence-corrected chi connectivity index (χ1v) is 6.24. The summed E-state index contributed by atoms with van der Waals surface area (Å²) in [7, 11) is 0. The van der Waals surface area contributed by atoms with Crippen LogP contribution in [0.1, 0.15) is 34.9 Å². The van der Waals surface area contributed by atoms with Gasteiger partial charge in [-0.2, -0.15) is 0 Å². The largest absolute Gasteiger partial charge is 0.476 e. The molecular weight excluding hydrogens is 253 g/mol. The monoisotopic (exact) mass is 265 g/mol. The zero-order chi connectivity index (χ0) is 13.3. The Morgan fingerprint density at radius 3 is 2.44 bits per heavy atom. The number of aromatic carboxylic acids is 1. The molecule has 1 heterocycles. The average molecular weight is 265 g/mol. The van der Waals surface area contributed by atoms with E-state index in [-0.39, 0.29) is 11.5 Å². The third-order valence-corrected chi connectivity index (χ3v) is 3.99. The van der Waals surface area contributed by atoms with E-state index in [4.69, 9.17) is 5.11 Å². The van der Waals surface area contributed by atoms with E-state index in [1.807, 2.05) is 13.8 Å². The number of carboxylic acids is 1. The zero-order valence-corrected chi connectivity index (χ0v) is 10.8. The predicted molar refractivity (Wildman–Crippen MR) is 67.6 cm³/mol. The van der Waals surface area contributed by atoms with Gasteiger partial charge in [-0.1, -0.05) is 12.1 Å². The SMILES string of the molecule is CC(C)(c1ccc(F)cc1)c1nc(C(=O)O)cs1. The molecule has 0 saturated heterocycles. The Labute approximate surface area is 108 Å². The van der Waals surface area contributed by atoms with Gasteiger partial charge in [0, 0.05) is 10.8 Å². The Morgan fingerprint density at radius 2 is 1.94 bits per heavy atom. The van der Waals surface area contributed by atoms with E-state index in [9.17, 15) is 9.18 Å². The van der Waals surface area contributed by atoms with Crippen molar-refractivity contribution in [3.63, 3.8) is 0 Å². The van der Waals surface area contributed by atoms with Gasteiger partial charge in [-0.3, -0.25) is 0 Å². The standard InChI is InChI=1S/C13H12FNO2S/c1-13(2,8-3-5-9(14)6-4-8)12-15-10(7-18-12)11(16)17/h3-7H,1-2H3,(H,16,17). The minimum atomic E-state index is -1.03. The van der Waals surface area contributed by atoms with Crippen LogP contribution >= 0.6 is 11.3 Å². The highest BCUT2D eigenvalue weighted by atomic mass is 32.1. The van der Waals surface area contributed by atoms with Crippen molar-refractivity contribution in [3.8, 4) is 0 Å². The molecular formula is C13H12FNO2S. The van der Waals surface area contributed by atoms with Crippen molar-refractivity contribution >= 4 is 17.3 Å². The number of nitrogens with zero attached hydrogens (tertiary/aromatic N) is 1. The number of halogens is 1. The molecule has 0 amide bonds. The smallest absolute Gasteiger partial charge is 0.355 e. The number of carboxylic acid groups (broad SMARTS) is 1. The van der Waals surface area contributed by atoms with Gasteiger partial charge in [0.25, 0.3) is 0 Å². The Kier molecular flexibility index (Phi) is 3.17. The van der Waals surface area contributed by atoms with E-state index in [1.165, 1.54) is 28.8 Å². The fraction of sp³-hybridized carbons (Fsp3) is 0.231. The van der Waals surface area contributed by atoms with E-state index in [1.54, 1.807) is 12.1 Å². The molecule has 0 aliphatic carbocycles. The summed E-state index contributed by atoms with van der Waals surface area (Å²) in [5.41, 5.74) is 0.506. The number of aromatic nitrogens is 1. The Morgan fingerprint density at radius 1 is 1.33 bits per heavy atom. The lowest BCUT2D eigenvalue weighted by molar-refractivity contribution is 0.0691. The van der Waals surface area contributed by atoms with Gasteiger partial charge >= 0.3 is 5.97 Å². The molecule has 0 atom stereocenters. The van der Waals surface area contributed by atoms with Crippen molar-refractivity contribution in [1.29, 1.82) is 0 Å². The topological polar surface area (TPSA) is 50.2 Å². The zero-order valence-electron chi connectivity index (χ0n) is 9.98. The van der Waals surface area contributed by atoms with Crippen LogP contribution in [0.25, 0.3) is 0 Å². The van der Waals surface area contributed by atoms with Gasteiger partial charge in [-0.05, 0) is 31.5 Å². The van der Waals surface area contributed by atoms with Crippen molar-refractivity contribution < 1.29 is 14.3 Å². The van der Waals surface area contributed by atoms with E-state index in [2.05, 4.69) is 4.98 Å². The summed E-state index contributed by atoms with van der Waals surface area (Å²) in [6.07, 6.45) is 0. The van der Waals surface area contributed by atoms with Crippen LogP contribution in [-0.2, 0) is 5.41 Å².